The molecule has 1 saturated heterocycles. The van der Waals surface area contributed by atoms with Crippen molar-refractivity contribution in [1.29, 1.82) is 0 Å². The number of anilines is 1. The van der Waals surface area contributed by atoms with Crippen molar-refractivity contribution in [2.24, 2.45) is 5.41 Å². The second-order valence-corrected chi connectivity index (χ2v) is 17.0. The third-order valence-electron chi connectivity index (χ3n) is 9.15. The summed E-state index contributed by atoms with van der Waals surface area (Å²) in [6.07, 6.45) is 9.76. The number of thiazole rings is 1. The quantitative estimate of drug-likeness (QED) is 0.0397. The van der Waals surface area contributed by atoms with E-state index >= 15 is 0 Å². The van der Waals surface area contributed by atoms with Gasteiger partial charge in [0.1, 0.15) is 6.29 Å². The molecule has 0 aromatic carbocycles. The maximum atomic E-state index is 12.9. The molecule has 5 N–H and O–H groups in total. The molecule has 13 nitrogen and oxygen atoms in total. The Bertz CT molecular complexity index is 1370. The molecule has 4 amide bonds. The third-order valence-corrected chi connectivity index (χ3v) is 11.5. The standard InChI is InChI=1S/C37H60N6O7S2/c1-6-17-38-27-11-12-28-29(22-27)52-35(41-28)42-32(46)14-13-31(45)39-18-9-7-8-10-21-51-30-23-33(47)43(34(30)48)19-15-26(2)40-24-37(5,49)50-20-16-36(3,4)25-44/h25,27,30,38,40,49H,2,6-24H2,1,3-5H3,(H,39,45)(H,41,42,46). The van der Waals surface area contributed by atoms with Gasteiger partial charge in [-0.15, -0.1) is 23.1 Å². The lowest BCUT2D eigenvalue weighted by Crippen LogP contribution is -2.41. The van der Waals surface area contributed by atoms with Crippen molar-refractivity contribution in [2.45, 2.75) is 128 Å². The zero-order valence-electron chi connectivity index (χ0n) is 31.5. The number of aryl methyl sites for hydroxylation is 1. The molecule has 1 aliphatic carbocycles. The number of unbranched alkanes of at least 4 members (excludes halogenated alkanes) is 3. The summed E-state index contributed by atoms with van der Waals surface area (Å²) in [5.74, 6) is -1.40. The van der Waals surface area contributed by atoms with Crippen molar-refractivity contribution in [3.63, 3.8) is 0 Å². The fourth-order valence-corrected chi connectivity index (χ4v) is 8.06. The minimum Gasteiger partial charge on any atom is -0.383 e. The van der Waals surface area contributed by atoms with Gasteiger partial charge in [-0.1, -0.05) is 40.2 Å². The lowest BCUT2D eigenvalue weighted by molar-refractivity contribution is -0.188. The molecule has 15 heteroatoms. The molecule has 2 aliphatic rings. The molecule has 3 unspecified atom stereocenters. The summed E-state index contributed by atoms with van der Waals surface area (Å²) < 4.78 is 5.52. The highest BCUT2D eigenvalue weighted by molar-refractivity contribution is 8.00. The Balaban J connectivity index is 1.19. The molecule has 3 atom stereocenters. The van der Waals surface area contributed by atoms with E-state index in [2.05, 4.69) is 39.8 Å². The largest absolute Gasteiger partial charge is 0.383 e. The number of thioether (sulfide) groups is 1. The molecule has 1 fully saturated rings. The summed E-state index contributed by atoms with van der Waals surface area (Å²) in [4.78, 5) is 68.3. The number of likely N-dealkylation sites (tertiary alicyclic amines) is 1. The van der Waals surface area contributed by atoms with Crippen LogP contribution in [0.25, 0.3) is 0 Å². The number of hydrogen-bond donors (Lipinski definition) is 5. The third kappa shape index (κ3) is 15.6. The normalized spacial score (nSPS) is 18.5. The predicted octanol–water partition coefficient (Wildman–Crippen LogP) is 4.09. The smallest absolute Gasteiger partial charge is 0.242 e. The predicted molar refractivity (Wildman–Crippen MR) is 206 cm³/mol. The van der Waals surface area contributed by atoms with Crippen molar-refractivity contribution >= 4 is 58.1 Å². The van der Waals surface area contributed by atoms with Gasteiger partial charge in [0.25, 0.3) is 0 Å². The minimum absolute atomic E-state index is 0.0761. The van der Waals surface area contributed by atoms with E-state index in [1.54, 1.807) is 13.8 Å². The summed E-state index contributed by atoms with van der Waals surface area (Å²) in [7, 11) is 0. The van der Waals surface area contributed by atoms with Crippen molar-refractivity contribution in [3.8, 4) is 0 Å². The van der Waals surface area contributed by atoms with Crippen LogP contribution >= 0.6 is 23.1 Å². The van der Waals surface area contributed by atoms with Gasteiger partial charge in [-0.25, -0.2) is 4.98 Å². The average molecular weight is 765 g/mol. The number of hydrogen-bond acceptors (Lipinski definition) is 12. The van der Waals surface area contributed by atoms with Crippen molar-refractivity contribution in [3.05, 3.63) is 22.8 Å². The first kappa shape index (κ1) is 43.6. The van der Waals surface area contributed by atoms with Crippen LogP contribution in [-0.4, -0.2) is 101 Å². The number of nitrogens with zero attached hydrogens (tertiary/aromatic N) is 2. The fraction of sp³-hybridized carbons (Fsp3) is 0.730. The lowest BCUT2D eigenvalue weighted by Gasteiger charge is -2.27. The van der Waals surface area contributed by atoms with Gasteiger partial charge in [0.2, 0.25) is 23.6 Å². The minimum atomic E-state index is -1.46. The van der Waals surface area contributed by atoms with Gasteiger partial charge in [0, 0.05) is 60.8 Å². The number of amides is 4. The number of ether oxygens (including phenoxy) is 1. The van der Waals surface area contributed by atoms with E-state index < -0.39 is 11.2 Å². The average Bonchev–Trinajstić information content (AvgIpc) is 3.62. The SMILES string of the molecule is C=C(CCN1C(=O)CC(SCCCCCCNC(=O)CCC(=O)Nc2nc3c(s2)CC(NCCC)CC3)C1=O)NCC(C)(O)OCCC(C)(C)C=O. The zero-order valence-corrected chi connectivity index (χ0v) is 33.1. The molecule has 52 heavy (non-hydrogen) atoms. The number of rotatable bonds is 26. The Morgan fingerprint density at radius 1 is 1.08 bits per heavy atom. The number of carbonyl (C=O) groups is 5. The zero-order chi connectivity index (χ0) is 38.1. The van der Waals surface area contributed by atoms with Crippen molar-refractivity contribution < 1.29 is 33.8 Å². The van der Waals surface area contributed by atoms with Crippen LogP contribution < -0.4 is 21.3 Å². The van der Waals surface area contributed by atoms with Gasteiger partial charge in [0.15, 0.2) is 10.9 Å². The molecule has 0 saturated carbocycles. The maximum absolute atomic E-state index is 12.9. The summed E-state index contributed by atoms with van der Waals surface area (Å²) in [5, 5.41) is 23.0. The number of carbonyl (C=O) groups excluding carboxylic acids is 5. The molecule has 1 aromatic heterocycles. The number of aromatic nitrogens is 1. The molecule has 0 spiro atoms. The Morgan fingerprint density at radius 2 is 1.83 bits per heavy atom. The van der Waals surface area contributed by atoms with E-state index in [-0.39, 0.29) is 67.8 Å². The van der Waals surface area contributed by atoms with Crippen LogP contribution in [0.3, 0.4) is 0 Å². The summed E-state index contributed by atoms with van der Waals surface area (Å²) in [6, 6.07) is 0.465. The topological polar surface area (TPSA) is 179 Å². The summed E-state index contributed by atoms with van der Waals surface area (Å²) >= 11 is 3.05. The molecular weight excluding hydrogens is 705 g/mol. The lowest BCUT2D eigenvalue weighted by atomic mass is 9.92. The Hall–Kier alpha value is -2.85. The van der Waals surface area contributed by atoms with Gasteiger partial charge in [-0.3, -0.25) is 24.1 Å². The first-order valence-corrected chi connectivity index (χ1v) is 20.6. The second-order valence-electron chi connectivity index (χ2n) is 14.6. The first-order chi connectivity index (χ1) is 24.7. The second kappa shape index (κ2) is 21.8. The van der Waals surface area contributed by atoms with Crippen LogP contribution in [0.4, 0.5) is 5.13 Å². The number of fused-ring (bicyclic) bond motifs is 1. The van der Waals surface area contributed by atoms with E-state index in [4.69, 9.17) is 4.74 Å². The van der Waals surface area contributed by atoms with E-state index in [0.29, 0.717) is 36.3 Å². The number of aldehydes is 1. The van der Waals surface area contributed by atoms with Crippen LogP contribution in [0.2, 0.25) is 0 Å². The number of imide groups is 1. The van der Waals surface area contributed by atoms with E-state index in [0.717, 1.165) is 75.6 Å². The number of nitrogens with one attached hydrogen (secondary N) is 4. The molecule has 292 valence electrons. The van der Waals surface area contributed by atoms with E-state index in [9.17, 15) is 29.1 Å². The molecule has 3 rings (SSSR count). The molecule has 0 radical (unpaired) electrons. The van der Waals surface area contributed by atoms with E-state index in [1.807, 2.05) is 0 Å². The molecule has 2 heterocycles. The van der Waals surface area contributed by atoms with Crippen molar-refractivity contribution in [1.82, 2.24) is 25.8 Å². The van der Waals surface area contributed by atoms with Gasteiger partial charge >= 0.3 is 0 Å². The van der Waals surface area contributed by atoms with Crippen LogP contribution in [0.5, 0.6) is 0 Å². The van der Waals surface area contributed by atoms with Crippen LogP contribution in [0.15, 0.2) is 12.3 Å². The van der Waals surface area contributed by atoms with Gasteiger partial charge in [-0.05, 0) is 64.2 Å². The first-order valence-electron chi connectivity index (χ1n) is 18.7. The van der Waals surface area contributed by atoms with Crippen LogP contribution in [0, 0.1) is 5.41 Å². The fourth-order valence-electron chi connectivity index (χ4n) is 5.77. The summed E-state index contributed by atoms with van der Waals surface area (Å²) in [5.41, 5.74) is 1.13. The van der Waals surface area contributed by atoms with Gasteiger partial charge < -0.3 is 35.9 Å². The Labute approximate surface area is 317 Å². The monoisotopic (exact) mass is 764 g/mol. The highest BCUT2D eigenvalue weighted by Crippen LogP contribution is 2.30. The molecule has 1 aliphatic heterocycles. The summed E-state index contributed by atoms with van der Waals surface area (Å²) in [6.45, 7) is 13.3. The maximum Gasteiger partial charge on any atom is 0.242 e. The highest BCUT2D eigenvalue weighted by atomic mass is 32.2. The Kier molecular flexibility index (Phi) is 18.2. The molecule has 0 bridgehead atoms. The van der Waals surface area contributed by atoms with Crippen LogP contribution in [0.1, 0.15) is 109 Å². The molecular formula is C37H60N6O7S2. The van der Waals surface area contributed by atoms with E-state index in [1.165, 1.54) is 39.8 Å². The van der Waals surface area contributed by atoms with Crippen LogP contribution in [-0.2, 0) is 41.6 Å². The van der Waals surface area contributed by atoms with Crippen molar-refractivity contribution in [2.75, 3.05) is 43.9 Å². The number of aliphatic hydroxyl groups is 1. The molecule has 1 aromatic rings. The van der Waals surface area contributed by atoms with Gasteiger partial charge in [-0.2, -0.15) is 0 Å². The highest BCUT2D eigenvalue weighted by Gasteiger charge is 2.38. The van der Waals surface area contributed by atoms with Gasteiger partial charge in [0.05, 0.1) is 24.1 Å². The Morgan fingerprint density at radius 3 is 2.58 bits per heavy atom.